The van der Waals surface area contributed by atoms with Crippen molar-refractivity contribution >= 4 is 5.69 Å². The fourth-order valence-electron chi connectivity index (χ4n) is 2.61. The van der Waals surface area contributed by atoms with Gasteiger partial charge in [0.25, 0.3) is 0 Å². The van der Waals surface area contributed by atoms with Gasteiger partial charge in [0, 0.05) is 24.4 Å². The molecule has 0 atom stereocenters. The first kappa shape index (κ1) is 14.7. The van der Waals surface area contributed by atoms with Crippen molar-refractivity contribution in [3.63, 3.8) is 0 Å². The zero-order valence-electron chi connectivity index (χ0n) is 12.9. The Hall–Kier alpha value is -1.70. The van der Waals surface area contributed by atoms with Crippen LogP contribution < -0.4 is 10.0 Å². The lowest BCUT2D eigenvalue weighted by molar-refractivity contribution is -0.306. The average Bonchev–Trinajstić information content (AvgIpc) is 2.40. The van der Waals surface area contributed by atoms with E-state index < -0.39 is 0 Å². The molecule has 2 heteroatoms. The number of anilines is 1. The van der Waals surface area contributed by atoms with Crippen LogP contribution in [-0.2, 0) is 0 Å². The summed E-state index contributed by atoms with van der Waals surface area (Å²) >= 11 is 0. The van der Waals surface area contributed by atoms with Gasteiger partial charge in [0.05, 0.1) is 0 Å². The summed E-state index contributed by atoms with van der Waals surface area (Å²) in [5.41, 5.74) is 4.41. The molecule has 1 aromatic rings. The van der Waals surface area contributed by atoms with Gasteiger partial charge in [-0.15, -0.1) is 5.76 Å². The quantitative estimate of drug-likeness (QED) is 0.835. The van der Waals surface area contributed by atoms with Crippen molar-refractivity contribution in [2.75, 3.05) is 11.4 Å². The monoisotopic (exact) mass is 270 g/mol. The van der Waals surface area contributed by atoms with E-state index in [1.165, 1.54) is 5.56 Å². The van der Waals surface area contributed by atoms with Crippen molar-refractivity contribution < 1.29 is 5.11 Å². The zero-order valence-corrected chi connectivity index (χ0v) is 12.9. The third kappa shape index (κ3) is 2.90. The second kappa shape index (κ2) is 5.74. The van der Waals surface area contributed by atoms with Crippen molar-refractivity contribution in [1.82, 2.24) is 0 Å². The minimum absolute atomic E-state index is 0.250. The zero-order chi connectivity index (χ0) is 14.9. The Bertz CT molecular complexity index is 523. The van der Waals surface area contributed by atoms with Crippen LogP contribution in [0.4, 0.5) is 5.69 Å². The first-order valence-corrected chi connectivity index (χ1v) is 7.34. The molecule has 0 bridgehead atoms. The third-order valence-electron chi connectivity index (χ3n) is 4.00. The molecule has 0 unspecified atom stereocenters. The Balaban J connectivity index is 2.24. The summed E-state index contributed by atoms with van der Waals surface area (Å²) < 4.78 is 0. The van der Waals surface area contributed by atoms with Crippen LogP contribution in [0.5, 0.6) is 0 Å². The summed E-state index contributed by atoms with van der Waals surface area (Å²) in [6.45, 7) is 13.1. The van der Waals surface area contributed by atoms with Crippen molar-refractivity contribution in [1.29, 1.82) is 0 Å². The van der Waals surface area contributed by atoms with Gasteiger partial charge in [-0.25, -0.2) is 0 Å². The van der Waals surface area contributed by atoms with Crippen LogP contribution >= 0.6 is 0 Å². The molecule has 0 amide bonds. The van der Waals surface area contributed by atoms with Gasteiger partial charge >= 0.3 is 0 Å². The highest BCUT2D eigenvalue weighted by Crippen LogP contribution is 2.32. The number of benzene rings is 1. The lowest BCUT2D eigenvalue weighted by Gasteiger charge is -2.38. The normalized spacial score (nSPS) is 16.5. The molecule has 1 aromatic carbocycles. The predicted octanol–water partition coefficient (Wildman–Crippen LogP) is 3.80. The van der Waals surface area contributed by atoms with Gasteiger partial charge in [-0.2, -0.15) is 0 Å². The molecular weight excluding hydrogens is 246 g/mol. The SMILES string of the molecule is C=C1CC(C(C)C)=C([O-])CN1c1ccc(C(C)C)cc1. The maximum Gasteiger partial charge on any atom is 0.0411 e. The van der Waals surface area contributed by atoms with Crippen LogP contribution in [0.15, 0.2) is 47.9 Å². The number of hydrogen-bond donors (Lipinski definition) is 0. The maximum atomic E-state index is 12.2. The lowest BCUT2D eigenvalue weighted by Crippen LogP contribution is -2.34. The van der Waals surface area contributed by atoms with Crippen LogP contribution in [0.1, 0.15) is 45.6 Å². The lowest BCUT2D eigenvalue weighted by atomic mass is 9.93. The van der Waals surface area contributed by atoms with E-state index in [-0.39, 0.29) is 5.76 Å². The van der Waals surface area contributed by atoms with Crippen molar-refractivity contribution in [2.45, 2.75) is 40.0 Å². The standard InChI is InChI=1S/C18H25NO/c1-12(2)15-6-8-16(9-7-15)19-11-18(20)17(13(3)4)10-14(19)5/h6-9,12-13,20H,5,10-11H2,1-4H3/p-1. The topological polar surface area (TPSA) is 26.3 Å². The molecule has 108 valence electrons. The maximum absolute atomic E-state index is 12.2. The average molecular weight is 270 g/mol. The second-order valence-corrected chi connectivity index (χ2v) is 6.18. The highest BCUT2D eigenvalue weighted by molar-refractivity contribution is 5.56. The largest absolute Gasteiger partial charge is 0.874 e. The van der Waals surface area contributed by atoms with Gasteiger partial charge in [0.1, 0.15) is 0 Å². The molecule has 20 heavy (non-hydrogen) atoms. The summed E-state index contributed by atoms with van der Waals surface area (Å²) in [5.74, 6) is 1.08. The molecule has 0 spiro atoms. The minimum Gasteiger partial charge on any atom is -0.874 e. The van der Waals surface area contributed by atoms with E-state index in [0.29, 0.717) is 24.8 Å². The van der Waals surface area contributed by atoms with Gasteiger partial charge < -0.3 is 10.0 Å². The number of rotatable bonds is 3. The van der Waals surface area contributed by atoms with Crippen LogP contribution in [0.3, 0.4) is 0 Å². The van der Waals surface area contributed by atoms with Gasteiger partial charge in [-0.3, -0.25) is 0 Å². The van der Waals surface area contributed by atoms with Crippen molar-refractivity contribution in [3.8, 4) is 0 Å². The van der Waals surface area contributed by atoms with Gasteiger partial charge in [-0.05, 0) is 29.5 Å². The van der Waals surface area contributed by atoms with Crippen LogP contribution in [0.2, 0.25) is 0 Å². The smallest absolute Gasteiger partial charge is 0.0411 e. The van der Waals surface area contributed by atoms with Crippen LogP contribution in [-0.4, -0.2) is 6.54 Å². The fourth-order valence-corrected chi connectivity index (χ4v) is 2.61. The molecular formula is C18H24NO-. The Labute approximate surface area is 122 Å². The van der Waals surface area contributed by atoms with Gasteiger partial charge in [0.15, 0.2) is 0 Å². The molecule has 2 rings (SSSR count). The first-order chi connectivity index (χ1) is 9.40. The second-order valence-electron chi connectivity index (χ2n) is 6.18. The molecule has 1 aliphatic rings. The molecule has 0 saturated heterocycles. The van der Waals surface area contributed by atoms with E-state index in [9.17, 15) is 5.11 Å². The van der Waals surface area contributed by atoms with Crippen LogP contribution in [0, 0.1) is 5.92 Å². The molecule has 0 saturated carbocycles. The third-order valence-corrected chi connectivity index (χ3v) is 4.00. The van der Waals surface area contributed by atoms with E-state index in [0.717, 1.165) is 17.0 Å². The van der Waals surface area contributed by atoms with Gasteiger partial charge in [0.2, 0.25) is 0 Å². The predicted molar refractivity (Wildman–Crippen MR) is 83.5 cm³/mol. The Kier molecular flexibility index (Phi) is 4.22. The highest BCUT2D eigenvalue weighted by Gasteiger charge is 2.19. The van der Waals surface area contributed by atoms with E-state index in [4.69, 9.17) is 0 Å². The summed E-state index contributed by atoms with van der Waals surface area (Å²) in [6.07, 6.45) is 0.697. The fraction of sp³-hybridized carbons (Fsp3) is 0.444. The van der Waals surface area contributed by atoms with E-state index in [1.54, 1.807) is 0 Å². The summed E-state index contributed by atoms with van der Waals surface area (Å²) in [4.78, 5) is 2.04. The molecule has 0 N–H and O–H groups in total. The van der Waals surface area contributed by atoms with Gasteiger partial charge in [-0.1, -0.05) is 52.0 Å². The van der Waals surface area contributed by atoms with Crippen LogP contribution in [0.25, 0.3) is 0 Å². The van der Waals surface area contributed by atoms with E-state index in [1.807, 2.05) is 4.90 Å². The molecule has 0 aromatic heterocycles. The first-order valence-electron chi connectivity index (χ1n) is 7.34. The van der Waals surface area contributed by atoms with Crippen molar-refractivity contribution in [3.05, 3.63) is 53.4 Å². The Morgan fingerprint density at radius 1 is 1.05 bits per heavy atom. The molecule has 2 nitrogen and oxygen atoms in total. The number of nitrogens with zero attached hydrogens (tertiary/aromatic N) is 1. The van der Waals surface area contributed by atoms with Crippen molar-refractivity contribution in [2.24, 2.45) is 5.92 Å². The highest BCUT2D eigenvalue weighted by atomic mass is 16.3. The minimum atomic E-state index is 0.250. The molecule has 0 radical (unpaired) electrons. The molecule has 1 aliphatic heterocycles. The summed E-state index contributed by atoms with van der Waals surface area (Å²) in [7, 11) is 0. The van der Waals surface area contributed by atoms with E-state index >= 15 is 0 Å². The Morgan fingerprint density at radius 3 is 2.15 bits per heavy atom. The van der Waals surface area contributed by atoms with E-state index in [2.05, 4.69) is 58.5 Å². The molecule has 0 aliphatic carbocycles. The number of hydrogen-bond acceptors (Lipinski definition) is 2. The summed E-state index contributed by atoms with van der Waals surface area (Å²) in [5, 5.41) is 12.2. The molecule has 1 heterocycles. The molecule has 0 fully saturated rings. The number of allylic oxidation sites excluding steroid dienone is 1. The summed E-state index contributed by atoms with van der Waals surface area (Å²) in [6, 6.07) is 8.46. The Morgan fingerprint density at radius 2 is 1.65 bits per heavy atom.